The molecule has 0 aliphatic carbocycles. The van der Waals surface area contributed by atoms with Crippen LogP contribution in [0.3, 0.4) is 0 Å². The standard InChI is InChI=1S/C22H14B4ClF2N3O4/c23-15(30-19(36)22(28,29)12-2-4-13(27)5-3-12)10-1-6-14-11(7-10)8-32(16(14)33)21(26)9-20(24,25)17(34)31-18(21)35/h1-7,15H,8-9H2,(H,30,36)(H,31,34,35). The molecule has 2 aliphatic heterocycles. The van der Waals surface area contributed by atoms with Crippen molar-refractivity contribution in [3.05, 3.63) is 69.7 Å². The van der Waals surface area contributed by atoms with E-state index in [0.29, 0.717) is 5.56 Å². The molecule has 174 valence electrons. The van der Waals surface area contributed by atoms with Crippen LogP contribution in [0.4, 0.5) is 8.78 Å². The predicted octanol–water partition coefficient (Wildman–Crippen LogP) is 0.736. The number of amides is 4. The molecular weight excluding hydrogens is 487 g/mol. The van der Waals surface area contributed by atoms with Crippen molar-refractivity contribution < 1.29 is 28.0 Å². The lowest BCUT2D eigenvalue weighted by Gasteiger charge is -2.46. The highest BCUT2D eigenvalue weighted by Crippen LogP contribution is 2.40. The zero-order chi connectivity index (χ0) is 26.6. The lowest BCUT2D eigenvalue weighted by molar-refractivity contribution is -0.147. The van der Waals surface area contributed by atoms with Crippen LogP contribution in [0, 0.1) is 0 Å². The summed E-state index contributed by atoms with van der Waals surface area (Å²) in [4.78, 5) is 50.7. The van der Waals surface area contributed by atoms with Crippen LogP contribution in [0.2, 0.25) is 10.2 Å². The molecule has 1 fully saturated rings. The van der Waals surface area contributed by atoms with Gasteiger partial charge in [-0.3, -0.25) is 24.5 Å². The van der Waals surface area contributed by atoms with Gasteiger partial charge in [0.1, 0.15) is 15.7 Å². The molecule has 0 spiro atoms. The smallest absolute Gasteiger partial charge is 0.349 e. The minimum absolute atomic E-state index is 0.165. The molecule has 7 nitrogen and oxygen atoms in total. The highest BCUT2D eigenvalue weighted by atomic mass is 35.5. The van der Waals surface area contributed by atoms with Gasteiger partial charge in [0.2, 0.25) is 11.8 Å². The van der Waals surface area contributed by atoms with Crippen molar-refractivity contribution in [1.29, 1.82) is 0 Å². The van der Waals surface area contributed by atoms with Crippen molar-refractivity contribution in [2.24, 2.45) is 0 Å². The molecule has 2 aliphatic rings. The number of hydrogen-bond acceptors (Lipinski definition) is 4. The molecule has 2 heterocycles. The molecular formula is C22H14B4ClF2N3O4. The van der Waals surface area contributed by atoms with Gasteiger partial charge in [0.25, 0.3) is 11.8 Å². The van der Waals surface area contributed by atoms with E-state index < -0.39 is 58.1 Å². The Bertz CT molecular complexity index is 1290. The van der Waals surface area contributed by atoms with E-state index in [4.69, 9.17) is 43.0 Å². The fraction of sp³-hybridized carbons (Fsp3) is 0.273. The monoisotopic (exact) mass is 501 g/mol. The predicted molar refractivity (Wildman–Crippen MR) is 129 cm³/mol. The molecule has 0 bridgehead atoms. The van der Waals surface area contributed by atoms with E-state index in [1.165, 1.54) is 30.3 Å². The summed E-state index contributed by atoms with van der Waals surface area (Å²) < 4.78 is 29.2. The molecule has 14 heteroatoms. The van der Waals surface area contributed by atoms with Gasteiger partial charge >= 0.3 is 5.92 Å². The molecule has 2 atom stereocenters. The average Bonchev–Trinajstić information content (AvgIpc) is 3.14. The van der Waals surface area contributed by atoms with Crippen LogP contribution in [0.1, 0.15) is 39.4 Å². The Morgan fingerprint density at radius 3 is 2.36 bits per heavy atom. The molecule has 2 aromatic rings. The summed E-state index contributed by atoms with van der Waals surface area (Å²) in [5.74, 6) is -9.40. The third-order valence-corrected chi connectivity index (χ3v) is 6.41. The van der Waals surface area contributed by atoms with Crippen LogP contribution in [0.25, 0.3) is 0 Å². The Labute approximate surface area is 215 Å². The molecule has 2 N–H and O–H groups in total. The SMILES string of the molecule is [B]C(NC(=O)C(F)(F)c1ccc(Cl)cc1)c1ccc2c(c1)CN(C1([B])CC([B])([B])C(=O)NC1=O)C2=O. The summed E-state index contributed by atoms with van der Waals surface area (Å²) in [7, 11) is 23.6. The first kappa shape index (κ1) is 26.0. The van der Waals surface area contributed by atoms with Gasteiger partial charge in [0.15, 0.2) is 0 Å². The molecule has 1 saturated heterocycles. The summed E-state index contributed by atoms with van der Waals surface area (Å²) in [6.45, 7) is -0.183. The van der Waals surface area contributed by atoms with Gasteiger partial charge in [-0.2, -0.15) is 8.78 Å². The van der Waals surface area contributed by atoms with Gasteiger partial charge < -0.3 is 10.2 Å². The summed E-state index contributed by atoms with van der Waals surface area (Å²) in [5.41, 5.74) is -1.85. The van der Waals surface area contributed by atoms with E-state index in [2.05, 4.69) is 5.32 Å². The van der Waals surface area contributed by atoms with E-state index in [-0.39, 0.29) is 22.7 Å². The highest BCUT2D eigenvalue weighted by molar-refractivity contribution is 6.53. The fourth-order valence-electron chi connectivity index (χ4n) is 4.11. The van der Waals surface area contributed by atoms with Gasteiger partial charge in [-0.1, -0.05) is 35.9 Å². The maximum absolute atomic E-state index is 14.6. The second-order valence-corrected chi connectivity index (χ2v) is 9.20. The van der Waals surface area contributed by atoms with Crippen LogP contribution in [0.5, 0.6) is 0 Å². The van der Waals surface area contributed by atoms with Gasteiger partial charge in [-0.05, 0) is 41.0 Å². The second kappa shape index (κ2) is 8.80. The first-order chi connectivity index (χ1) is 16.7. The number of alkyl halides is 2. The summed E-state index contributed by atoms with van der Waals surface area (Å²) >= 11 is 5.71. The second-order valence-electron chi connectivity index (χ2n) is 8.76. The van der Waals surface area contributed by atoms with Crippen LogP contribution >= 0.6 is 11.6 Å². The van der Waals surface area contributed by atoms with Gasteiger partial charge in [-0.25, -0.2) is 0 Å². The van der Waals surface area contributed by atoms with Crippen LogP contribution < -0.4 is 10.6 Å². The van der Waals surface area contributed by atoms with Crippen LogP contribution in [-0.4, -0.2) is 65.4 Å². The van der Waals surface area contributed by atoms with Gasteiger partial charge in [0, 0.05) is 28.6 Å². The van der Waals surface area contributed by atoms with Crippen molar-refractivity contribution in [3.63, 3.8) is 0 Å². The summed E-state index contributed by atoms with van der Waals surface area (Å²) in [6, 6.07) is 8.67. The Hall–Kier alpha value is -3.07. The Morgan fingerprint density at radius 2 is 1.72 bits per heavy atom. The molecule has 2 aromatic carbocycles. The minimum atomic E-state index is -3.89. The number of nitrogens with one attached hydrogen (secondary N) is 2. The quantitative estimate of drug-likeness (QED) is 0.467. The number of nitrogens with zero attached hydrogens (tertiary/aromatic N) is 1. The zero-order valence-electron chi connectivity index (χ0n) is 18.6. The van der Waals surface area contributed by atoms with Gasteiger partial charge in [0.05, 0.1) is 21.1 Å². The maximum atomic E-state index is 14.6. The summed E-state index contributed by atoms with van der Waals surface area (Å²) in [6.07, 6.45) is -0.535. The van der Waals surface area contributed by atoms with E-state index >= 15 is 0 Å². The highest BCUT2D eigenvalue weighted by Gasteiger charge is 2.53. The third kappa shape index (κ3) is 4.34. The number of piperidine rings is 1. The number of imide groups is 1. The van der Waals surface area contributed by atoms with E-state index in [1.807, 2.05) is 5.32 Å². The number of carbonyl (C=O) groups excluding carboxylic acids is 4. The Morgan fingerprint density at radius 1 is 1.08 bits per heavy atom. The van der Waals surface area contributed by atoms with Crippen molar-refractivity contribution >= 4 is 66.6 Å². The molecule has 2 unspecified atom stereocenters. The first-order valence-electron chi connectivity index (χ1n) is 10.5. The van der Waals surface area contributed by atoms with Crippen molar-refractivity contribution in [1.82, 2.24) is 15.5 Å². The fourth-order valence-corrected chi connectivity index (χ4v) is 4.24. The van der Waals surface area contributed by atoms with Crippen molar-refractivity contribution in [2.75, 3.05) is 0 Å². The first-order valence-corrected chi connectivity index (χ1v) is 10.9. The van der Waals surface area contributed by atoms with Crippen molar-refractivity contribution in [3.8, 4) is 0 Å². The zero-order valence-corrected chi connectivity index (χ0v) is 19.3. The topological polar surface area (TPSA) is 95.6 Å². The molecule has 8 radical (unpaired) electrons. The van der Waals surface area contributed by atoms with E-state index in [0.717, 1.165) is 17.0 Å². The Balaban J connectivity index is 1.53. The average molecular weight is 501 g/mol. The number of benzene rings is 2. The molecule has 36 heavy (non-hydrogen) atoms. The normalized spacial score (nSPS) is 22.1. The van der Waals surface area contributed by atoms with E-state index in [9.17, 15) is 28.0 Å². The number of fused-ring (bicyclic) bond motifs is 1. The molecule has 0 aromatic heterocycles. The summed E-state index contributed by atoms with van der Waals surface area (Å²) in [5, 5.41) is 2.26. The largest absolute Gasteiger partial charge is 0.352 e. The maximum Gasteiger partial charge on any atom is 0.349 e. The molecule has 0 saturated carbocycles. The molecule has 4 rings (SSSR count). The van der Waals surface area contributed by atoms with Crippen LogP contribution in [-0.2, 0) is 26.9 Å². The molecule has 4 amide bonds. The third-order valence-electron chi connectivity index (χ3n) is 6.16. The van der Waals surface area contributed by atoms with Crippen LogP contribution in [0.15, 0.2) is 42.5 Å². The van der Waals surface area contributed by atoms with Gasteiger partial charge in [-0.15, -0.1) is 0 Å². The minimum Gasteiger partial charge on any atom is -0.352 e. The number of hydrogen-bond donors (Lipinski definition) is 2. The number of carbonyl (C=O) groups is 4. The lowest BCUT2D eigenvalue weighted by atomic mass is 9.45. The Kier molecular flexibility index (Phi) is 6.35. The number of rotatable bonds is 5. The van der Waals surface area contributed by atoms with Crippen molar-refractivity contribution in [2.45, 2.75) is 35.5 Å². The number of halogens is 3. The van der Waals surface area contributed by atoms with E-state index in [1.54, 1.807) is 0 Å². The lowest BCUT2D eigenvalue weighted by Crippen LogP contribution is -2.67.